The van der Waals surface area contributed by atoms with Gasteiger partial charge in [-0.05, 0) is 124 Å². The Bertz CT molecular complexity index is 2650. The van der Waals surface area contributed by atoms with Gasteiger partial charge in [0.1, 0.15) is 66.1 Å². The van der Waals surface area contributed by atoms with Crippen molar-refractivity contribution in [2.45, 2.75) is 193 Å². The Morgan fingerprint density at radius 3 is 1.14 bits per heavy atom. The van der Waals surface area contributed by atoms with Crippen molar-refractivity contribution in [2.75, 3.05) is 47.3 Å². The van der Waals surface area contributed by atoms with Crippen LogP contribution in [0.1, 0.15) is 131 Å². The largest absolute Gasteiger partial charge is 1.00 e. The van der Waals surface area contributed by atoms with Gasteiger partial charge < -0.3 is 87.8 Å². The summed E-state index contributed by atoms with van der Waals surface area (Å²) in [7, 11) is 6.05. The molecule has 2 aromatic rings. The Hall–Kier alpha value is -6.25. The molecule has 87 heavy (non-hydrogen) atoms. The first kappa shape index (κ1) is 73.2. The summed E-state index contributed by atoms with van der Waals surface area (Å²) in [6, 6.07) is 4.81. The first-order chi connectivity index (χ1) is 40.6. The summed E-state index contributed by atoms with van der Waals surface area (Å²) in [6.07, 6.45) is 2.39. The second-order valence-electron chi connectivity index (χ2n) is 25.9. The molecule has 3 heterocycles. The normalized spacial score (nSPS) is 25.8. The molecule has 10 atom stereocenters. The summed E-state index contributed by atoms with van der Waals surface area (Å²) < 4.78 is 0.520. The Balaban J connectivity index is 0.0000162. The number of quaternary nitrogens is 1. The smallest absolute Gasteiger partial charge is 0.246 e. The lowest BCUT2D eigenvalue weighted by molar-refractivity contribution is -0.143. The van der Waals surface area contributed by atoms with Gasteiger partial charge in [0.15, 0.2) is 0 Å². The molecule has 10 amide bonds. The monoisotopic (exact) mass is 1330 g/mol. The van der Waals surface area contributed by atoms with Gasteiger partial charge in [0, 0.05) is 25.9 Å². The number of nitrogens with one attached hydrogen (secondary N) is 8. The van der Waals surface area contributed by atoms with Crippen LogP contribution in [-0.2, 0) is 60.8 Å². The lowest BCUT2D eigenvalue weighted by atomic mass is 9.98. The number of hydrogen-bond donors (Lipinski definition) is 10. The average molecular weight is 1330 g/mol. The number of hydrogen-bond acceptors (Lipinski definition) is 12. The molecule has 3 aliphatic heterocycles. The molecule has 0 unspecified atom stereocenters. The third-order valence-corrected chi connectivity index (χ3v) is 16.2. The molecule has 0 radical (unpaired) electrons. The molecule has 0 aliphatic carbocycles. The summed E-state index contributed by atoms with van der Waals surface area (Å²) in [5.41, 5.74) is 14.3. The standard InChI is InChI=1S/C63H99N13O10.HI/c1-37(2)33-46-56(79)70-48(35-41-19-13-12-14-20-41)62(85)74-31-17-23-50(74)58(81)72-52(39(5)6)60(83)67-45(22-16-30-65)55(78)69-47(34-38(3)4)57(80)71-49(36-42-25-27-43(28-26-42)76(9,10)11)63(86)75-32-18-24-51(75)59(82)73-53(40(7)8)61(84)66-44(21-15-29-64)54(77)68-46;/h12-14,19-20,25-28,37-40,44-53H,15-18,21-24,29-36,64-65H2,1-11H3,(H7-,66,67,68,69,70,71,72,73,77,78,79,80,81,82,83,84);1H/t44-,45-,46-,47-,48-,49-,50-,51-,52-,53-;/m0./s1. The second-order valence-corrected chi connectivity index (χ2v) is 25.9. The number of nitrogens with zero attached hydrogens (tertiary/aromatic N) is 3. The van der Waals surface area contributed by atoms with Gasteiger partial charge in [0.05, 0.1) is 21.1 Å². The maximum atomic E-state index is 15.1. The number of amides is 10. The van der Waals surface area contributed by atoms with Crippen LogP contribution in [0.2, 0.25) is 0 Å². The van der Waals surface area contributed by atoms with Crippen LogP contribution in [0.5, 0.6) is 0 Å². The first-order valence-corrected chi connectivity index (χ1v) is 31.0. The van der Waals surface area contributed by atoms with E-state index < -0.39 is 131 Å². The molecule has 2 aromatic carbocycles. The Morgan fingerprint density at radius 1 is 0.448 bits per heavy atom. The molecule has 0 spiro atoms. The molecule has 0 saturated carbocycles. The van der Waals surface area contributed by atoms with Gasteiger partial charge in [-0.1, -0.05) is 97.9 Å². The highest BCUT2D eigenvalue weighted by molar-refractivity contribution is 6.00. The number of halogens is 1. The Morgan fingerprint density at radius 2 is 0.793 bits per heavy atom. The van der Waals surface area contributed by atoms with Crippen molar-refractivity contribution < 1.29 is 71.9 Å². The minimum absolute atomic E-state index is 0. The van der Waals surface area contributed by atoms with E-state index in [4.69, 9.17) is 11.5 Å². The molecule has 0 aromatic heterocycles. The fourth-order valence-electron chi connectivity index (χ4n) is 11.3. The third kappa shape index (κ3) is 21.5. The summed E-state index contributed by atoms with van der Waals surface area (Å²) in [5, 5.41) is 23.0. The average Bonchev–Trinajstić information content (AvgIpc) is 2.40. The van der Waals surface area contributed by atoms with Crippen LogP contribution in [0.25, 0.3) is 0 Å². The number of carbonyl (C=O) groups is 10. The predicted molar refractivity (Wildman–Crippen MR) is 330 cm³/mol. The molecule has 12 N–H and O–H groups in total. The number of nitrogens with two attached hydrogens (primary N) is 2. The first-order valence-electron chi connectivity index (χ1n) is 31.0. The van der Waals surface area contributed by atoms with Crippen LogP contribution in [0.4, 0.5) is 5.69 Å². The maximum absolute atomic E-state index is 15.1. The highest BCUT2D eigenvalue weighted by Gasteiger charge is 2.43. The number of fused-ring (bicyclic) bond motifs is 2. The van der Waals surface area contributed by atoms with Crippen LogP contribution >= 0.6 is 0 Å². The SMILES string of the molecule is CC(C)C[C@@H]1NC(=O)[C@H](CCCN)NC(=O)[C@H](C(C)C)NC(=O)[C@@H]2CCCN2C(=O)[C@H](Cc2ccccc2)NC(=O)[C@H](CC(C)C)NC(=O)[C@H](CCCN)NC(=O)[C@H](C(C)C)NC(=O)[C@@H]2CCCN2C(=O)[C@H](Cc2ccc([N+](C)(C)C)cc2)NC1=O.[I-]. The Labute approximate surface area is 531 Å². The van der Waals surface area contributed by atoms with Crippen molar-refractivity contribution in [2.24, 2.45) is 35.1 Å². The van der Waals surface area contributed by atoms with Gasteiger partial charge in [-0.2, -0.15) is 0 Å². The summed E-state index contributed by atoms with van der Waals surface area (Å²) in [4.78, 5) is 150. The van der Waals surface area contributed by atoms with E-state index in [0.717, 1.165) is 5.69 Å². The lowest BCUT2D eigenvalue weighted by Crippen LogP contribution is -3.00. The molecule has 0 bridgehead atoms. The van der Waals surface area contributed by atoms with E-state index >= 15 is 4.79 Å². The molecule has 24 heteroatoms. The van der Waals surface area contributed by atoms with E-state index in [-0.39, 0.29) is 113 Å². The fourth-order valence-corrected chi connectivity index (χ4v) is 11.3. The van der Waals surface area contributed by atoms with Gasteiger partial charge in [-0.25, -0.2) is 0 Å². The Kier molecular flexibility index (Phi) is 29.0. The zero-order valence-electron chi connectivity index (χ0n) is 53.0. The summed E-state index contributed by atoms with van der Waals surface area (Å²) in [5.74, 6) is -7.80. The van der Waals surface area contributed by atoms with E-state index in [9.17, 15) is 43.2 Å². The zero-order valence-corrected chi connectivity index (χ0v) is 55.2. The number of rotatable bonds is 17. The van der Waals surface area contributed by atoms with Crippen molar-refractivity contribution >= 4 is 64.8 Å². The summed E-state index contributed by atoms with van der Waals surface area (Å²) >= 11 is 0. The van der Waals surface area contributed by atoms with E-state index in [0.29, 0.717) is 41.3 Å². The third-order valence-electron chi connectivity index (χ3n) is 16.2. The minimum atomic E-state index is -1.24. The molecular formula is C63H100IN13O10. The number of carbonyl (C=O) groups excluding carboxylic acids is 10. The molecule has 3 aliphatic rings. The number of benzene rings is 2. The zero-order chi connectivity index (χ0) is 63.6. The van der Waals surface area contributed by atoms with E-state index in [1.807, 2.05) is 79.2 Å². The van der Waals surface area contributed by atoms with Crippen molar-refractivity contribution in [3.05, 3.63) is 65.7 Å². The highest BCUT2D eigenvalue weighted by atomic mass is 127. The van der Waals surface area contributed by atoms with Crippen LogP contribution in [0, 0.1) is 23.7 Å². The van der Waals surface area contributed by atoms with Gasteiger partial charge in [0.25, 0.3) is 0 Å². The summed E-state index contributed by atoms with van der Waals surface area (Å²) in [6.45, 7) is 15.1. The van der Waals surface area contributed by atoms with Crippen LogP contribution in [-0.4, -0.2) is 177 Å². The fraction of sp³-hybridized carbons (Fsp3) is 0.651. The molecule has 5 rings (SSSR count). The second kappa shape index (κ2) is 34.5. The van der Waals surface area contributed by atoms with Crippen LogP contribution < -0.4 is 82.5 Å². The highest BCUT2D eigenvalue weighted by Crippen LogP contribution is 2.25. The van der Waals surface area contributed by atoms with Gasteiger partial charge in [-0.3, -0.25) is 52.4 Å². The maximum Gasteiger partial charge on any atom is 0.246 e. The van der Waals surface area contributed by atoms with E-state index in [1.54, 1.807) is 52.0 Å². The van der Waals surface area contributed by atoms with Crippen molar-refractivity contribution in [1.82, 2.24) is 56.8 Å². The minimum Gasteiger partial charge on any atom is -1.00 e. The van der Waals surface area contributed by atoms with E-state index in [2.05, 4.69) is 42.5 Å². The van der Waals surface area contributed by atoms with Gasteiger partial charge in [0.2, 0.25) is 59.1 Å². The van der Waals surface area contributed by atoms with Crippen LogP contribution in [0.15, 0.2) is 54.6 Å². The molecule has 484 valence electrons. The molecular weight excluding hydrogens is 1230 g/mol. The van der Waals surface area contributed by atoms with Gasteiger partial charge in [-0.15, -0.1) is 0 Å². The van der Waals surface area contributed by atoms with Gasteiger partial charge >= 0.3 is 0 Å². The molecule has 23 nitrogen and oxygen atoms in total. The van der Waals surface area contributed by atoms with Crippen molar-refractivity contribution in [3.63, 3.8) is 0 Å². The van der Waals surface area contributed by atoms with Crippen LogP contribution in [0.3, 0.4) is 0 Å². The van der Waals surface area contributed by atoms with E-state index in [1.165, 1.54) is 9.80 Å². The molecule has 3 saturated heterocycles. The topological polar surface area (TPSA) is 325 Å². The van der Waals surface area contributed by atoms with Crippen molar-refractivity contribution in [3.8, 4) is 0 Å². The lowest BCUT2D eigenvalue weighted by Gasteiger charge is -2.33. The van der Waals surface area contributed by atoms with Crippen molar-refractivity contribution in [1.29, 1.82) is 0 Å². The molecule has 3 fully saturated rings. The quantitative estimate of drug-likeness (QED) is 0.0635. The predicted octanol–water partition coefficient (Wildman–Crippen LogP) is -1.57.